The van der Waals surface area contributed by atoms with Gasteiger partial charge in [0.1, 0.15) is 11.6 Å². The first-order valence-corrected chi connectivity index (χ1v) is 10.6. The molecule has 0 saturated carbocycles. The molecule has 1 aliphatic rings. The number of hydrogen-bond acceptors (Lipinski definition) is 7. The second-order valence-electron chi connectivity index (χ2n) is 7.13. The van der Waals surface area contributed by atoms with Gasteiger partial charge in [0.2, 0.25) is 11.7 Å². The first-order chi connectivity index (χ1) is 15.4. The van der Waals surface area contributed by atoms with Crippen molar-refractivity contribution in [3.63, 3.8) is 0 Å². The van der Waals surface area contributed by atoms with Gasteiger partial charge in [0.25, 0.3) is 5.56 Å². The van der Waals surface area contributed by atoms with E-state index in [0.29, 0.717) is 22.0 Å². The number of ether oxygens (including phenoxy) is 2. The predicted octanol–water partition coefficient (Wildman–Crippen LogP) is 3.40. The van der Waals surface area contributed by atoms with Gasteiger partial charge < -0.3 is 24.9 Å². The number of methoxy groups -OCH3 is 2. The number of nitrogens with one attached hydrogen (secondary N) is 2. The van der Waals surface area contributed by atoms with E-state index in [1.165, 1.54) is 38.1 Å². The molecule has 0 radical (unpaired) electrons. The molecule has 1 aromatic heterocycles. The number of aromatic amines is 1. The molecule has 166 valence electrons. The SMILES string of the molecule is COc1cc([C@@H]2CC(=O)Nc3nc(SCc4ccc(F)cc4)[nH]c(=O)c32)cc(OC)c1O. The largest absolute Gasteiger partial charge is 0.502 e. The number of H-pyrrole nitrogens is 1. The van der Waals surface area contributed by atoms with Gasteiger partial charge in [-0.2, -0.15) is 0 Å². The molecule has 0 spiro atoms. The van der Waals surface area contributed by atoms with Gasteiger partial charge in [0.15, 0.2) is 16.7 Å². The summed E-state index contributed by atoms with van der Waals surface area (Å²) in [5.41, 5.74) is 1.37. The first-order valence-electron chi connectivity index (χ1n) is 9.65. The van der Waals surface area contributed by atoms with Gasteiger partial charge >= 0.3 is 0 Å². The van der Waals surface area contributed by atoms with E-state index in [0.717, 1.165) is 5.56 Å². The minimum absolute atomic E-state index is 0.0247. The number of hydrogen-bond donors (Lipinski definition) is 3. The van der Waals surface area contributed by atoms with E-state index in [2.05, 4.69) is 15.3 Å². The lowest BCUT2D eigenvalue weighted by atomic mass is 9.86. The Hall–Kier alpha value is -3.53. The summed E-state index contributed by atoms with van der Waals surface area (Å²) in [5.74, 6) is -0.399. The maximum atomic E-state index is 13.1. The van der Waals surface area contributed by atoms with Crippen molar-refractivity contribution in [2.24, 2.45) is 0 Å². The van der Waals surface area contributed by atoms with Crippen molar-refractivity contribution in [3.05, 3.63) is 69.3 Å². The van der Waals surface area contributed by atoms with Crippen LogP contribution in [0.3, 0.4) is 0 Å². The molecule has 2 aromatic carbocycles. The van der Waals surface area contributed by atoms with Gasteiger partial charge in [-0.05, 0) is 35.4 Å². The van der Waals surface area contributed by atoms with Gasteiger partial charge in [-0.1, -0.05) is 23.9 Å². The number of benzene rings is 2. The molecule has 0 aliphatic carbocycles. The molecule has 3 aromatic rings. The zero-order valence-electron chi connectivity index (χ0n) is 17.3. The smallest absolute Gasteiger partial charge is 0.257 e. The van der Waals surface area contributed by atoms with Crippen LogP contribution < -0.4 is 20.3 Å². The number of phenolic OH excluding ortho intramolecular Hbond substituents is 1. The molecule has 10 heteroatoms. The van der Waals surface area contributed by atoms with Crippen LogP contribution in [0.15, 0.2) is 46.3 Å². The molecule has 4 rings (SSSR count). The van der Waals surface area contributed by atoms with E-state index < -0.39 is 5.92 Å². The van der Waals surface area contributed by atoms with Crippen molar-refractivity contribution in [2.45, 2.75) is 23.2 Å². The highest BCUT2D eigenvalue weighted by atomic mass is 32.2. The lowest BCUT2D eigenvalue weighted by Gasteiger charge is -2.25. The molecule has 1 atom stereocenters. The normalized spacial score (nSPS) is 15.1. The van der Waals surface area contributed by atoms with Crippen LogP contribution in [0.1, 0.15) is 29.0 Å². The average Bonchev–Trinajstić information content (AvgIpc) is 2.78. The standard InChI is InChI=1S/C22H20FN3O5S/c1-30-15-7-12(8-16(31-2)19(15)28)14-9-17(27)24-20-18(14)21(29)26-22(25-20)32-10-11-3-5-13(23)6-4-11/h3-8,14,28H,9-10H2,1-2H3,(H2,24,25,26,27,29)/t14-/m0/s1. The van der Waals surface area contributed by atoms with Crippen LogP contribution >= 0.6 is 11.8 Å². The summed E-state index contributed by atoms with van der Waals surface area (Å²) >= 11 is 1.27. The highest BCUT2D eigenvalue weighted by Crippen LogP contribution is 2.43. The lowest BCUT2D eigenvalue weighted by molar-refractivity contribution is -0.116. The molecule has 0 fully saturated rings. The van der Waals surface area contributed by atoms with Gasteiger partial charge in [0, 0.05) is 18.1 Å². The van der Waals surface area contributed by atoms with Crippen molar-refractivity contribution in [3.8, 4) is 17.2 Å². The van der Waals surface area contributed by atoms with Crippen LogP contribution in [-0.4, -0.2) is 35.2 Å². The fraction of sp³-hybridized carbons (Fsp3) is 0.227. The maximum Gasteiger partial charge on any atom is 0.257 e. The molecule has 32 heavy (non-hydrogen) atoms. The molecule has 0 bridgehead atoms. The van der Waals surface area contributed by atoms with Crippen molar-refractivity contribution in [1.82, 2.24) is 9.97 Å². The predicted molar refractivity (Wildman–Crippen MR) is 117 cm³/mol. The van der Waals surface area contributed by atoms with Gasteiger partial charge in [-0.3, -0.25) is 9.59 Å². The van der Waals surface area contributed by atoms with Crippen LogP contribution in [0.4, 0.5) is 10.2 Å². The summed E-state index contributed by atoms with van der Waals surface area (Å²) in [6.45, 7) is 0. The molecule has 0 saturated heterocycles. The van der Waals surface area contributed by atoms with E-state index >= 15 is 0 Å². The minimum atomic E-state index is -0.602. The molecule has 3 N–H and O–H groups in total. The number of aromatic nitrogens is 2. The number of amides is 1. The highest BCUT2D eigenvalue weighted by Gasteiger charge is 2.32. The average molecular weight is 457 g/mol. The maximum absolute atomic E-state index is 13.1. The summed E-state index contributed by atoms with van der Waals surface area (Å²) in [4.78, 5) is 32.6. The Morgan fingerprint density at radius 1 is 1.16 bits per heavy atom. The van der Waals surface area contributed by atoms with E-state index in [9.17, 15) is 19.1 Å². The fourth-order valence-electron chi connectivity index (χ4n) is 3.55. The van der Waals surface area contributed by atoms with Crippen LogP contribution in [0.5, 0.6) is 17.2 Å². The van der Waals surface area contributed by atoms with Gasteiger partial charge in [-0.15, -0.1) is 0 Å². The Morgan fingerprint density at radius 3 is 2.44 bits per heavy atom. The van der Waals surface area contributed by atoms with Crippen molar-refractivity contribution in [1.29, 1.82) is 0 Å². The number of halogens is 1. The number of anilines is 1. The molecular formula is C22H20FN3O5S. The second-order valence-corrected chi connectivity index (χ2v) is 8.09. The van der Waals surface area contributed by atoms with E-state index in [1.54, 1.807) is 24.3 Å². The van der Waals surface area contributed by atoms with Gasteiger partial charge in [-0.25, -0.2) is 9.37 Å². The zero-order chi connectivity index (χ0) is 22.8. The number of thioether (sulfide) groups is 1. The third-order valence-corrected chi connectivity index (χ3v) is 6.07. The Labute approximate surface area is 186 Å². The molecule has 1 amide bonds. The highest BCUT2D eigenvalue weighted by molar-refractivity contribution is 7.98. The van der Waals surface area contributed by atoms with E-state index in [4.69, 9.17) is 9.47 Å². The summed E-state index contributed by atoms with van der Waals surface area (Å²) < 4.78 is 23.5. The van der Waals surface area contributed by atoms with Crippen LogP contribution in [0.25, 0.3) is 0 Å². The summed E-state index contributed by atoms with van der Waals surface area (Å²) in [6.07, 6.45) is 0.0247. The van der Waals surface area contributed by atoms with Crippen LogP contribution in [0, 0.1) is 5.82 Å². The third kappa shape index (κ3) is 4.26. The van der Waals surface area contributed by atoms with Crippen LogP contribution in [0.2, 0.25) is 0 Å². The molecule has 8 nitrogen and oxygen atoms in total. The summed E-state index contributed by atoms with van der Waals surface area (Å²) in [5, 5.41) is 13.2. The molecular weight excluding hydrogens is 437 g/mol. The Morgan fingerprint density at radius 2 is 1.81 bits per heavy atom. The van der Waals surface area contributed by atoms with E-state index in [1.807, 2.05) is 0 Å². The quantitative estimate of drug-likeness (QED) is 0.384. The Kier molecular flexibility index (Phi) is 6.04. The number of rotatable bonds is 6. The molecule has 0 unspecified atom stereocenters. The minimum Gasteiger partial charge on any atom is -0.502 e. The summed E-state index contributed by atoms with van der Waals surface area (Å²) in [7, 11) is 2.80. The van der Waals surface area contributed by atoms with Crippen molar-refractivity contribution in [2.75, 3.05) is 19.5 Å². The lowest BCUT2D eigenvalue weighted by Crippen LogP contribution is -2.31. The Bertz CT molecular complexity index is 1200. The topological polar surface area (TPSA) is 114 Å². The van der Waals surface area contributed by atoms with Crippen LogP contribution in [-0.2, 0) is 10.5 Å². The van der Waals surface area contributed by atoms with Crippen molar-refractivity contribution >= 4 is 23.5 Å². The zero-order valence-corrected chi connectivity index (χ0v) is 18.1. The first kappa shape index (κ1) is 21.7. The monoisotopic (exact) mass is 457 g/mol. The summed E-state index contributed by atoms with van der Waals surface area (Å²) in [6, 6.07) is 9.18. The fourth-order valence-corrected chi connectivity index (χ4v) is 4.37. The number of nitrogens with zero attached hydrogens (tertiary/aromatic N) is 1. The van der Waals surface area contributed by atoms with Crippen molar-refractivity contribution < 1.29 is 23.8 Å². The van der Waals surface area contributed by atoms with Gasteiger partial charge in [0.05, 0.1) is 19.8 Å². The number of carbonyl (C=O) groups excluding carboxylic acids is 1. The number of aromatic hydroxyl groups is 1. The third-order valence-electron chi connectivity index (χ3n) is 5.12. The second kappa shape index (κ2) is 8.91. The molecule has 1 aliphatic heterocycles. The van der Waals surface area contributed by atoms with E-state index in [-0.39, 0.29) is 46.8 Å². The number of fused-ring (bicyclic) bond motifs is 1. The Balaban J connectivity index is 1.69. The number of phenols is 1. The molecule has 2 heterocycles. The number of carbonyl (C=O) groups is 1.